The second kappa shape index (κ2) is 10.7. The van der Waals surface area contributed by atoms with Crippen molar-refractivity contribution in [3.05, 3.63) is 47.3 Å². The zero-order valence-electron chi connectivity index (χ0n) is 18.1. The number of aromatic nitrogens is 2. The molecule has 0 saturated heterocycles. The van der Waals surface area contributed by atoms with E-state index in [9.17, 15) is 9.59 Å². The molecule has 1 heterocycles. The summed E-state index contributed by atoms with van der Waals surface area (Å²) in [5.41, 5.74) is 8.76. The Balaban J connectivity index is 0.00000158. The summed E-state index contributed by atoms with van der Waals surface area (Å²) < 4.78 is 1.79. The van der Waals surface area contributed by atoms with Crippen LogP contribution in [0.5, 0.6) is 0 Å². The Bertz CT molecular complexity index is 750. The van der Waals surface area contributed by atoms with E-state index in [0.29, 0.717) is 12.0 Å². The first kappa shape index (κ1) is 24.6. The zero-order chi connectivity index (χ0) is 21.4. The summed E-state index contributed by atoms with van der Waals surface area (Å²) in [6.45, 7) is 19.5. The number of carbonyl (C=O) groups is 2. The number of Topliss-reactive ketones (excluding diaryl/α,β-unsaturated/α-hetero) is 1. The number of hydrogen-bond acceptors (Lipinski definition) is 3. The van der Waals surface area contributed by atoms with Crippen molar-refractivity contribution in [3.8, 4) is 0 Å². The van der Waals surface area contributed by atoms with Crippen LogP contribution in [0.2, 0.25) is 0 Å². The largest absolute Gasteiger partial charge is 0.366 e. The summed E-state index contributed by atoms with van der Waals surface area (Å²) in [6.07, 6.45) is 6.12. The molecule has 0 aliphatic heterocycles. The van der Waals surface area contributed by atoms with Crippen LogP contribution in [0.4, 0.5) is 0 Å². The number of primary amides is 1. The van der Waals surface area contributed by atoms with Crippen molar-refractivity contribution in [2.75, 3.05) is 0 Å². The quantitative estimate of drug-likeness (QED) is 0.605. The summed E-state index contributed by atoms with van der Waals surface area (Å²) in [4.78, 5) is 23.6. The molecule has 0 radical (unpaired) electrons. The molecule has 1 aliphatic rings. The number of amides is 1. The van der Waals surface area contributed by atoms with Gasteiger partial charge in [-0.25, -0.2) is 4.68 Å². The van der Waals surface area contributed by atoms with Crippen LogP contribution in [-0.4, -0.2) is 21.5 Å². The van der Waals surface area contributed by atoms with E-state index in [0.717, 1.165) is 29.1 Å². The van der Waals surface area contributed by atoms with E-state index in [1.165, 1.54) is 6.08 Å². The summed E-state index contributed by atoms with van der Waals surface area (Å²) in [6, 6.07) is 0. The molecule has 0 unspecified atom stereocenters. The standard InChI is InChI=1S/C18H23N3O2.2C2H6/c1-6-13(17(19)23)8-7-11(2)21-14-9-18(4,5)10-15(22)16(14)12(3)20-21;2*1-2/h6-8H,1,9-10H2,2-5H3,(H2,19,23);2*1-2H3/b11-7+,13-8+;;. The van der Waals surface area contributed by atoms with Gasteiger partial charge in [0.2, 0.25) is 5.91 Å². The van der Waals surface area contributed by atoms with E-state index >= 15 is 0 Å². The van der Waals surface area contributed by atoms with Crippen molar-refractivity contribution < 1.29 is 9.59 Å². The third kappa shape index (κ3) is 6.05. The lowest BCUT2D eigenvalue weighted by molar-refractivity contribution is -0.114. The van der Waals surface area contributed by atoms with Gasteiger partial charge in [0.25, 0.3) is 0 Å². The molecule has 0 bridgehead atoms. The summed E-state index contributed by atoms with van der Waals surface area (Å²) in [7, 11) is 0. The van der Waals surface area contributed by atoms with Crippen LogP contribution in [0, 0.1) is 12.3 Å². The molecule has 0 spiro atoms. The van der Waals surface area contributed by atoms with Gasteiger partial charge in [-0.2, -0.15) is 5.10 Å². The molecule has 0 saturated carbocycles. The first-order valence-corrected chi connectivity index (χ1v) is 9.59. The van der Waals surface area contributed by atoms with Crippen LogP contribution in [0.3, 0.4) is 0 Å². The van der Waals surface area contributed by atoms with Crippen LogP contribution in [0.1, 0.15) is 76.6 Å². The van der Waals surface area contributed by atoms with Gasteiger partial charge < -0.3 is 5.73 Å². The van der Waals surface area contributed by atoms with Gasteiger partial charge in [0.1, 0.15) is 0 Å². The molecule has 27 heavy (non-hydrogen) atoms. The predicted molar refractivity (Wildman–Crippen MR) is 114 cm³/mol. The first-order valence-electron chi connectivity index (χ1n) is 9.59. The van der Waals surface area contributed by atoms with Crippen molar-refractivity contribution in [2.24, 2.45) is 11.1 Å². The fourth-order valence-electron chi connectivity index (χ4n) is 2.96. The molecule has 1 amide bonds. The van der Waals surface area contributed by atoms with Gasteiger partial charge in [-0.15, -0.1) is 0 Å². The van der Waals surface area contributed by atoms with Gasteiger partial charge in [-0.05, 0) is 37.8 Å². The number of allylic oxidation sites excluding steroid dienone is 3. The number of fused-ring (bicyclic) bond motifs is 1. The molecule has 1 aromatic rings. The molecule has 2 N–H and O–H groups in total. The molecule has 5 heteroatoms. The lowest BCUT2D eigenvalue weighted by Crippen LogP contribution is -2.28. The van der Waals surface area contributed by atoms with Crippen LogP contribution in [-0.2, 0) is 11.2 Å². The maximum Gasteiger partial charge on any atom is 0.248 e. The van der Waals surface area contributed by atoms with Gasteiger partial charge in [0.15, 0.2) is 5.78 Å². The summed E-state index contributed by atoms with van der Waals surface area (Å²) >= 11 is 0. The first-order chi connectivity index (χ1) is 12.7. The fourth-order valence-corrected chi connectivity index (χ4v) is 2.96. The number of nitrogens with zero attached hydrogens (tertiary/aromatic N) is 2. The lowest BCUT2D eigenvalue weighted by atomic mass is 9.75. The molecule has 1 aromatic heterocycles. The summed E-state index contributed by atoms with van der Waals surface area (Å²) in [5, 5.41) is 4.51. The second-order valence-corrected chi connectivity index (χ2v) is 6.76. The lowest BCUT2D eigenvalue weighted by Gasteiger charge is -2.29. The monoisotopic (exact) mass is 373 g/mol. The average molecular weight is 374 g/mol. The van der Waals surface area contributed by atoms with E-state index in [4.69, 9.17) is 5.73 Å². The van der Waals surface area contributed by atoms with E-state index < -0.39 is 5.91 Å². The van der Waals surface area contributed by atoms with Gasteiger partial charge in [0.05, 0.1) is 17.0 Å². The highest BCUT2D eigenvalue weighted by atomic mass is 16.1. The Morgan fingerprint density at radius 3 is 2.22 bits per heavy atom. The smallest absolute Gasteiger partial charge is 0.248 e. The average Bonchev–Trinajstić information content (AvgIpc) is 2.94. The third-order valence-electron chi connectivity index (χ3n) is 4.06. The number of aryl methyl sites for hydroxylation is 1. The van der Waals surface area contributed by atoms with E-state index in [1.54, 1.807) is 16.8 Å². The SMILES string of the molecule is C=C/C(=C\C=C(/C)n1nc(C)c2c1CC(C)(C)CC2=O)C(N)=O.CC.CC. The Hall–Kier alpha value is -2.43. The van der Waals surface area contributed by atoms with E-state index in [-0.39, 0.29) is 11.2 Å². The highest BCUT2D eigenvalue weighted by Crippen LogP contribution is 2.36. The second-order valence-electron chi connectivity index (χ2n) is 6.76. The molecular weight excluding hydrogens is 338 g/mol. The molecule has 0 atom stereocenters. The third-order valence-corrected chi connectivity index (χ3v) is 4.06. The number of rotatable bonds is 4. The number of ketones is 1. The maximum absolute atomic E-state index is 12.4. The van der Waals surface area contributed by atoms with Crippen molar-refractivity contribution in [1.29, 1.82) is 0 Å². The minimum atomic E-state index is -0.529. The number of carbonyl (C=O) groups excluding carboxylic acids is 2. The van der Waals surface area contributed by atoms with Crippen molar-refractivity contribution >= 4 is 17.4 Å². The Morgan fingerprint density at radius 1 is 1.19 bits per heavy atom. The zero-order valence-corrected chi connectivity index (χ0v) is 18.1. The van der Waals surface area contributed by atoms with Crippen LogP contribution < -0.4 is 5.73 Å². The van der Waals surface area contributed by atoms with Crippen molar-refractivity contribution in [1.82, 2.24) is 9.78 Å². The molecule has 5 nitrogen and oxygen atoms in total. The van der Waals surface area contributed by atoms with Crippen molar-refractivity contribution in [3.63, 3.8) is 0 Å². The maximum atomic E-state index is 12.4. The number of hydrogen-bond donors (Lipinski definition) is 1. The molecule has 2 rings (SSSR count). The Kier molecular flexibility index (Phi) is 9.70. The molecule has 0 fully saturated rings. The van der Waals surface area contributed by atoms with Crippen LogP contribution in [0.25, 0.3) is 5.70 Å². The minimum absolute atomic E-state index is 0.0794. The normalized spacial score (nSPS) is 15.6. The van der Waals surface area contributed by atoms with Crippen molar-refractivity contribution in [2.45, 2.75) is 68.2 Å². The molecule has 1 aliphatic carbocycles. The topological polar surface area (TPSA) is 78.0 Å². The minimum Gasteiger partial charge on any atom is -0.366 e. The van der Waals surface area contributed by atoms with Crippen LogP contribution in [0.15, 0.2) is 30.4 Å². The van der Waals surface area contributed by atoms with E-state index in [1.807, 2.05) is 41.5 Å². The van der Waals surface area contributed by atoms with Gasteiger partial charge in [0, 0.05) is 17.7 Å². The molecule has 0 aromatic carbocycles. The Labute approximate surface area is 164 Å². The van der Waals surface area contributed by atoms with Crippen LogP contribution >= 0.6 is 0 Å². The predicted octanol–water partition coefficient (Wildman–Crippen LogP) is 4.86. The fraction of sp³-hybridized carbons (Fsp3) is 0.500. The highest BCUT2D eigenvalue weighted by molar-refractivity contribution is 6.00. The number of nitrogens with two attached hydrogens (primary N) is 1. The van der Waals surface area contributed by atoms with Gasteiger partial charge in [-0.1, -0.05) is 54.2 Å². The molecule has 150 valence electrons. The van der Waals surface area contributed by atoms with Gasteiger partial charge >= 0.3 is 0 Å². The van der Waals surface area contributed by atoms with Gasteiger partial charge in [-0.3, -0.25) is 9.59 Å². The Morgan fingerprint density at radius 2 is 1.74 bits per heavy atom. The summed E-state index contributed by atoms with van der Waals surface area (Å²) in [5.74, 6) is -0.383. The highest BCUT2D eigenvalue weighted by Gasteiger charge is 2.35. The van der Waals surface area contributed by atoms with E-state index in [2.05, 4.69) is 25.5 Å². The molecular formula is C22H35N3O2.